The lowest BCUT2D eigenvalue weighted by molar-refractivity contribution is -0.0462. The summed E-state index contributed by atoms with van der Waals surface area (Å²) in [6, 6.07) is 8.91. The molecule has 2 rings (SSSR count). The van der Waals surface area contributed by atoms with Gasteiger partial charge in [-0.05, 0) is 25.7 Å². The van der Waals surface area contributed by atoms with E-state index in [2.05, 4.69) is 0 Å². The Morgan fingerprint density at radius 3 is 2.47 bits per heavy atom. The number of hydrogen-bond donors (Lipinski definition) is 2. The first kappa shape index (κ1) is 14.2. The van der Waals surface area contributed by atoms with Gasteiger partial charge < -0.3 is 14.9 Å². The highest BCUT2D eigenvalue weighted by molar-refractivity contribution is 6.02. The van der Waals surface area contributed by atoms with Gasteiger partial charge in [0.2, 0.25) is 0 Å². The number of aliphatic hydroxyl groups excluding tert-OH is 1. The molecular weight excluding hydrogens is 244 g/mol. The third kappa shape index (κ3) is 3.41. The molecule has 1 fully saturated rings. The van der Waals surface area contributed by atoms with E-state index in [4.69, 9.17) is 9.84 Å². The minimum absolute atomic E-state index is 0.00368. The summed E-state index contributed by atoms with van der Waals surface area (Å²) in [5.41, 5.74) is -0.708. The number of Topliss-reactive ketones (excluding diaryl/α,β-unsaturated/α-hetero) is 1. The summed E-state index contributed by atoms with van der Waals surface area (Å²) < 4.78 is 5.44. The van der Waals surface area contributed by atoms with Gasteiger partial charge in [-0.15, -0.1) is 0 Å². The highest BCUT2D eigenvalue weighted by Crippen LogP contribution is 2.32. The SMILES string of the molecule is O=C(c1ccccc1)C1(O)CCC(OCCO)CC1. The lowest BCUT2D eigenvalue weighted by Crippen LogP contribution is -2.43. The number of ketones is 1. The summed E-state index contributed by atoms with van der Waals surface area (Å²) in [5, 5.41) is 19.2. The van der Waals surface area contributed by atoms with Crippen LogP contribution in [0.25, 0.3) is 0 Å². The summed E-state index contributed by atoms with van der Waals surface area (Å²) in [6.45, 7) is 0.319. The zero-order valence-electron chi connectivity index (χ0n) is 10.9. The van der Waals surface area contributed by atoms with Gasteiger partial charge in [0.1, 0.15) is 5.60 Å². The van der Waals surface area contributed by atoms with Crippen molar-refractivity contribution in [3.05, 3.63) is 35.9 Å². The Bertz CT molecular complexity index is 407. The lowest BCUT2D eigenvalue weighted by Gasteiger charge is -2.34. The Hall–Kier alpha value is -1.23. The van der Waals surface area contributed by atoms with Crippen LogP contribution in [0, 0.1) is 0 Å². The third-order valence-electron chi connectivity index (χ3n) is 3.66. The number of carbonyl (C=O) groups excluding carboxylic acids is 1. The third-order valence-corrected chi connectivity index (χ3v) is 3.66. The van der Waals surface area contributed by atoms with Crippen molar-refractivity contribution >= 4 is 5.78 Å². The molecule has 104 valence electrons. The van der Waals surface area contributed by atoms with Gasteiger partial charge in [-0.2, -0.15) is 0 Å². The van der Waals surface area contributed by atoms with E-state index < -0.39 is 5.60 Å². The van der Waals surface area contributed by atoms with Gasteiger partial charge in [-0.3, -0.25) is 4.79 Å². The first-order chi connectivity index (χ1) is 9.15. The topological polar surface area (TPSA) is 66.8 Å². The molecule has 0 radical (unpaired) electrons. The molecule has 0 saturated heterocycles. The molecule has 19 heavy (non-hydrogen) atoms. The zero-order valence-corrected chi connectivity index (χ0v) is 10.9. The van der Waals surface area contributed by atoms with Crippen LogP contribution in [0.4, 0.5) is 0 Å². The molecule has 0 aliphatic heterocycles. The molecule has 0 spiro atoms. The predicted molar refractivity (Wildman–Crippen MR) is 71.0 cm³/mol. The molecule has 0 atom stereocenters. The molecule has 1 aromatic rings. The molecule has 1 aliphatic carbocycles. The molecule has 0 aromatic heterocycles. The number of hydrogen-bond acceptors (Lipinski definition) is 4. The maximum atomic E-state index is 12.3. The Labute approximate surface area is 113 Å². The standard InChI is InChI=1S/C15H20O4/c16-10-11-19-13-6-8-15(18,9-7-13)14(17)12-4-2-1-3-5-12/h1-5,13,16,18H,6-11H2. The molecule has 0 heterocycles. The zero-order chi connectivity index (χ0) is 13.7. The summed E-state index contributed by atoms with van der Waals surface area (Å²) >= 11 is 0. The quantitative estimate of drug-likeness (QED) is 0.792. The van der Waals surface area contributed by atoms with Crippen molar-refractivity contribution in [1.29, 1.82) is 0 Å². The first-order valence-corrected chi connectivity index (χ1v) is 6.70. The molecular formula is C15H20O4. The van der Waals surface area contributed by atoms with Gasteiger partial charge >= 0.3 is 0 Å². The van der Waals surface area contributed by atoms with Crippen LogP contribution >= 0.6 is 0 Å². The van der Waals surface area contributed by atoms with Gasteiger partial charge in [0, 0.05) is 5.56 Å². The molecule has 0 unspecified atom stereocenters. The van der Waals surface area contributed by atoms with Gasteiger partial charge in [0.05, 0.1) is 19.3 Å². The second-order valence-corrected chi connectivity index (χ2v) is 5.02. The van der Waals surface area contributed by atoms with Crippen LogP contribution < -0.4 is 0 Å². The largest absolute Gasteiger partial charge is 0.394 e. The van der Waals surface area contributed by atoms with Crippen LogP contribution in [-0.2, 0) is 4.74 Å². The highest BCUT2D eigenvalue weighted by Gasteiger charge is 2.40. The monoisotopic (exact) mass is 264 g/mol. The van der Waals surface area contributed by atoms with E-state index in [9.17, 15) is 9.90 Å². The summed E-state index contributed by atoms with van der Waals surface area (Å²) in [5.74, 6) is -0.200. The van der Waals surface area contributed by atoms with Crippen molar-refractivity contribution in [3.8, 4) is 0 Å². The van der Waals surface area contributed by atoms with Crippen molar-refractivity contribution in [2.24, 2.45) is 0 Å². The fourth-order valence-electron chi connectivity index (χ4n) is 2.54. The maximum absolute atomic E-state index is 12.3. The van der Waals surface area contributed by atoms with Crippen molar-refractivity contribution in [2.45, 2.75) is 37.4 Å². The molecule has 4 nitrogen and oxygen atoms in total. The van der Waals surface area contributed by atoms with E-state index in [-0.39, 0.29) is 18.5 Å². The molecule has 1 aliphatic rings. The molecule has 2 N–H and O–H groups in total. The fourth-order valence-corrected chi connectivity index (χ4v) is 2.54. The fraction of sp³-hybridized carbons (Fsp3) is 0.533. The molecule has 1 aromatic carbocycles. The van der Waals surface area contributed by atoms with Crippen molar-refractivity contribution in [3.63, 3.8) is 0 Å². The van der Waals surface area contributed by atoms with Gasteiger partial charge in [0.15, 0.2) is 5.78 Å². The average molecular weight is 264 g/mol. The Kier molecular flexibility index (Phi) is 4.69. The number of ether oxygens (including phenoxy) is 1. The van der Waals surface area contributed by atoms with Crippen LogP contribution in [0.1, 0.15) is 36.0 Å². The van der Waals surface area contributed by atoms with Gasteiger partial charge in [0.25, 0.3) is 0 Å². The Morgan fingerprint density at radius 1 is 1.26 bits per heavy atom. The lowest BCUT2D eigenvalue weighted by atomic mass is 9.78. The Morgan fingerprint density at radius 2 is 1.89 bits per heavy atom. The highest BCUT2D eigenvalue weighted by atomic mass is 16.5. The minimum atomic E-state index is -1.26. The summed E-state index contributed by atoms with van der Waals surface area (Å²) in [4.78, 5) is 12.3. The van der Waals surface area contributed by atoms with E-state index in [0.717, 1.165) is 0 Å². The van der Waals surface area contributed by atoms with Crippen LogP contribution in [0.15, 0.2) is 30.3 Å². The minimum Gasteiger partial charge on any atom is -0.394 e. The van der Waals surface area contributed by atoms with E-state index >= 15 is 0 Å². The smallest absolute Gasteiger partial charge is 0.194 e. The van der Waals surface area contributed by atoms with Crippen molar-refractivity contribution in [2.75, 3.05) is 13.2 Å². The summed E-state index contributed by atoms with van der Waals surface area (Å²) in [6.07, 6.45) is 2.16. The number of rotatable bonds is 5. The van der Waals surface area contributed by atoms with Gasteiger partial charge in [-0.25, -0.2) is 0 Å². The second kappa shape index (κ2) is 6.28. The Balaban J connectivity index is 1.96. The molecule has 1 saturated carbocycles. The van der Waals surface area contributed by atoms with Crippen molar-refractivity contribution < 1.29 is 19.7 Å². The van der Waals surface area contributed by atoms with E-state index in [1.54, 1.807) is 24.3 Å². The summed E-state index contributed by atoms with van der Waals surface area (Å²) in [7, 11) is 0. The number of benzene rings is 1. The average Bonchev–Trinajstić information content (AvgIpc) is 2.47. The molecule has 0 amide bonds. The second-order valence-electron chi connectivity index (χ2n) is 5.02. The molecule has 0 bridgehead atoms. The number of carbonyl (C=O) groups is 1. The van der Waals surface area contributed by atoms with E-state index in [0.29, 0.717) is 37.9 Å². The van der Waals surface area contributed by atoms with E-state index in [1.165, 1.54) is 0 Å². The van der Waals surface area contributed by atoms with Gasteiger partial charge in [-0.1, -0.05) is 30.3 Å². The van der Waals surface area contributed by atoms with Crippen LogP contribution in [0.3, 0.4) is 0 Å². The van der Waals surface area contributed by atoms with Crippen LogP contribution in [-0.4, -0.2) is 40.9 Å². The maximum Gasteiger partial charge on any atom is 0.194 e. The normalized spacial score (nSPS) is 27.2. The predicted octanol–water partition coefficient (Wildman–Crippen LogP) is 1.55. The molecule has 4 heteroatoms. The van der Waals surface area contributed by atoms with Crippen LogP contribution in [0.5, 0.6) is 0 Å². The van der Waals surface area contributed by atoms with E-state index in [1.807, 2.05) is 6.07 Å². The van der Waals surface area contributed by atoms with Crippen LogP contribution in [0.2, 0.25) is 0 Å². The number of aliphatic hydroxyl groups is 2. The van der Waals surface area contributed by atoms with Crippen molar-refractivity contribution in [1.82, 2.24) is 0 Å². The first-order valence-electron chi connectivity index (χ1n) is 6.70.